The van der Waals surface area contributed by atoms with E-state index in [-0.39, 0.29) is 18.1 Å². The summed E-state index contributed by atoms with van der Waals surface area (Å²) >= 11 is 2.00. The Hall–Kier alpha value is -1.43. The molecule has 0 saturated carbocycles. The zero-order chi connectivity index (χ0) is 14.4. The lowest BCUT2D eigenvalue weighted by Gasteiger charge is -2.26. The number of carbonyl (C=O) groups is 1. The number of hydrogen-bond donors (Lipinski definition) is 3. The first-order valence-corrected chi connectivity index (χ1v) is 8.00. The molecule has 2 atom stereocenters. The van der Waals surface area contributed by atoms with Crippen molar-refractivity contribution in [3.8, 4) is 0 Å². The average molecular weight is 295 g/mol. The molecule has 0 aliphatic carbocycles. The van der Waals surface area contributed by atoms with Crippen LogP contribution in [0, 0.1) is 5.92 Å². The third-order valence-corrected chi connectivity index (χ3v) is 4.72. The maximum Gasteiger partial charge on any atom is 0.315 e. The Morgan fingerprint density at radius 2 is 2.35 bits per heavy atom. The van der Waals surface area contributed by atoms with Crippen LogP contribution in [0.4, 0.5) is 4.79 Å². The van der Waals surface area contributed by atoms with E-state index in [9.17, 15) is 9.59 Å². The van der Waals surface area contributed by atoms with Gasteiger partial charge in [-0.05, 0) is 30.6 Å². The molecule has 0 aromatic carbocycles. The SMILES string of the molecule is C[C@@H]1C[C@@H](CNC(=O)NCc2ccc[nH]c2=O)CCS1. The fourth-order valence-corrected chi connectivity index (χ4v) is 3.63. The van der Waals surface area contributed by atoms with Gasteiger partial charge in [0.1, 0.15) is 0 Å². The van der Waals surface area contributed by atoms with Gasteiger partial charge in [0.2, 0.25) is 0 Å². The molecule has 1 saturated heterocycles. The summed E-state index contributed by atoms with van der Waals surface area (Å²) in [6, 6.07) is 3.25. The van der Waals surface area contributed by atoms with Crippen LogP contribution in [0.25, 0.3) is 0 Å². The lowest BCUT2D eigenvalue weighted by atomic mass is 10.00. The van der Waals surface area contributed by atoms with Gasteiger partial charge in [0.05, 0.1) is 0 Å². The van der Waals surface area contributed by atoms with Crippen LogP contribution in [-0.2, 0) is 6.54 Å². The van der Waals surface area contributed by atoms with E-state index in [0.29, 0.717) is 23.3 Å². The Morgan fingerprint density at radius 3 is 3.10 bits per heavy atom. The van der Waals surface area contributed by atoms with Crippen molar-refractivity contribution in [1.82, 2.24) is 15.6 Å². The molecule has 110 valence electrons. The van der Waals surface area contributed by atoms with Crippen LogP contribution in [0.3, 0.4) is 0 Å². The van der Waals surface area contributed by atoms with E-state index < -0.39 is 0 Å². The van der Waals surface area contributed by atoms with Crippen LogP contribution in [0.15, 0.2) is 23.1 Å². The van der Waals surface area contributed by atoms with Crippen molar-refractivity contribution in [2.75, 3.05) is 12.3 Å². The van der Waals surface area contributed by atoms with Gasteiger partial charge in [0, 0.05) is 30.1 Å². The number of pyridine rings is 1. The lowest BCUT2D eigenvalue weighted by Crippen LogP contribution is -2.39. The van der Waals surface area contributed by atoms with Crippen molar-refractivity contribution in [3.05, 3.63) is 34.2 Å². The second kappa shape index (κ2) is 7.38. The van der Waals surface area contributed by atoms with Gasteiger partial charge in [-0.3, -0.25) is 4.79 Å². The Morgan fingerprint density at radius 1 is 1.50 bits per heavy atom. The molecule has 1 fully saturated rings. The molecule has 1 aliphatic heterocycles. The number of rotatable bonds is 4. The minimum absolute atomic E-state index is 0.161. The summed E-state index contributed by atoms with van der Waals surface area (Å²) in [6.07, 6.45) is 3.89. The van der Waals surface area contributed by atoms with Crippen molar-refractivity contribution in [2.45, 2.75) is 31.6 Å². The third-order valence-electron chi connectivity index (χ3n) is 3.48. The van der Waals surface area contributed by atoms with Crippen molar-refractivity contribution in [3.63, 3.8) is 0 Å². The summed E-state index contributed by atoms with van der Waals surface area (Å²) in [7, 11) is 0. The first kappa shape index (κ1) is 15.0. The molecule has 0 unspecified atom stereocenters. The van der Waals surface area contributed by atoms with Crippen LogP contribution in [0.5, 0.6) is 0 Å². The van der Waals surface area contributed by atoms with Crippen LogP contribution >= 0.6 is 11.8 Å². The molecule has 0 bridgehead atoms. The number of carbonyl (C=O) groups excluding carboxylic acids is 1. The summed E-state index contributed by atoms with van der Waals surface area (Å²) in [4.78, 5) is 25.7. The second-order valence-electron chi connectivity index (χ2n) is 5.16. The van der Waals surface area contributed by atoms with Crippen molar-refractivity contribution in [1.29, 1.82) is 0 Å². The highest BCUT2D eigenvalue weighted by atomic mass is 32.2. The number of aromatic nitrogens is 1. The monoisotopic (exact) mass is 295 g/mol. The normalized spacial score (nSPS) is 22.2. The van der Waals surface area contributed by atoms with Crippen molar-refractivity contribution in [2.24, 2.45) is 5.92 Å². The Kier molecular flexibility index (Phi) is 5.52. The Labute approximate surface area is 122 Å². The van der Waals surface area contributed by atoms with Crippen molar-refractivity contribution >= 4 is 17.8 Å². The van der Waals surface area contributed by atoms with Gasteiger partial charge >= 0.3 is 6.03 Å². The lowest BCUT2D eigenvalue weighted by molar-refractivity contribution is 0.237. The number of hydrogen-bond acceptors (Lipinski definition) is 3. The quantitative estimate of drug-likeness (QED) is 0.791. The Balaban J connectivity index is 1.70. The van der Waals surface area contributed by atoms with Gasteiger partial charge in [-0.15, -0.1) is 0 Å². The fourth-order valence-electron chi connectivity index (χ4n) is 2.35. The van der Waals surface area contributed by atoms with Gasteiger partial charge in [-0.2, -0.15) is 11.8 Å². The molecule has 1 aliphatic rings. The highest BCUT2D eigenvalue weighted by Crippen LogP contribution is 2.28. The maximum atomic E-state index is 11.7. The first-order chi connectivity index (χ1) is 9.65. The molecule has 2 amide bonds. The van der Waals surface area contributed by atoms with E-state index in [1.54, 1.807) is 18.3 Å². The zero-order valence-electron chi connectivity index (χ0n) is 11.6. The highest BCUT2D eigenvalue weighted by Gasteiger charge is 2.19. The molecule has 2 heterocycles. The molecule has 5 nitrogen and oxygen atoms in total. The van der Waals surface area contributed by atoms with Gasteiger partial charge < -0.3 is 15.6 Å². The van der Waals surface area contributed by atoms with Crippen LogP contribution in [-0.4, -0.2) is 28.6 Å². The molecule has 3 N–H and O–H groups in total. The number of thioether (sulfide) groups is 1. The predicted molar refractivity (Wildman–Crippen MR) is 81.9 cm³/mol. The van der Waals surface area contributed by atoms with Gasteiger partial charge in [-0.1, -0.05) is 13.0 Å². The molecule has 20 heavy (non-hydrogen) atoms. The molecular weight excluding hydrogens is 274 g/mol. The van der Waals surface area contributed by atoms with E-state index >= 15 is 0 Å². The maximum absolute atomic E-state index is 11.7. The third kappa shape index (κ3) is 4.59. The summed E-state index contributed by atoms with van der Waals surface area (Å²) in [6.45, 7) is 3.19. The molecular formula is C14H21N3O2S. The van der Waals surface area contributed by atoms with Crippen LogP contribution < -0.4 is 16.2 Å². The minimum atomic E-state index is -0.209. The zero-order valence-corrected chi connectivity index (χ0v) is 12.5. The fraction of sp³-hybridized carbons (Fsp3) is 0.571. The summed E-state index contributed by atoms with van der Waals surface area (Å²) < 4.78 is 0. The molecule has 1 aromatic heterocycles. The number of nitrogens with one attached hydrogen (secondary N) is 3. The van der Waals surface area contributed by atoms with Gasteiger partial charge in [0.15, 0.2) is 0 Å². The van der Waals surface area contributed by atoms with E-state index in [2.05, 4.69) is 22.5 Å². The smallest absolute Gasteiger partial charge is 0.315 e. The minimum Gasteiger partial charge on any atom is -0.338 e. The highest BCUT2D eigenvalue weighted by molar-refractivity contribution is 7.99. The number of amides is 2. The molecule has 0 spiro atoms. The predicted octanol–water partition coefficient (Wildman–Crippen LogP) is 1.71. The summed E-state index contributed by atoms with van der Waals surface area (Å²) in [5.41, 5.74) is 0.399. The summed E-state index contributed by atoms with van der Waals surface area (Å²) in [5, 5.41) is 6.29. The largest absolute Gasteiger partial charge is 0.338 e. The molecule has 1 aromatic rings. The average Bonchev–Trinajstić information content (AvgIpc) is 2.44. The van der Waals surface area contributed by atoms with Crippen molar-refractivity contribution < 1.29 is 4.79 Å². The van der Waals surface area contributed by atoms with E-state index in [0.717, 1.165) is 12.8 Å². The van der Waals surface area contributed by atoms with Gasteiger partial charge in [-0.25, -0.2) is 4.79 Å². The standard InChI is InChI=1S/C14H21N3O2S/c1-10-7-11(4-6-20-10)8-16-14(19)17-9-12-3-2-5-15-13(12)18/h2-3,5,10-11H,4,6-9H2,1H3,(H,15,18)(H2,16,17,19)/t10-,11+/m1/s1. The van der Waals surface area contributed by atoms with Crippen LogP contribution in [0.1, 0.15) is 25.3 Å². The van der Waals surface area contributed by atoms with Crippen LogP contribution in [0.2, 0.25) is 0 Å². The second-order valence-corrected chi connectivity index (χ2v) is 6.71. The van der Waals surface area contributed by atoms with E-state index in [4.69, 9.17) is 0 Å². The van der Waals surface area contributed by atoms with Gasteiger partial charge in [0.25, 0.3) is 5.56 Å². The molecule has 0 radical (unpaired) electrons. The first-order valence-electron chi connectivity index (χ1n) is 6.95. The number of urea groups is 1. The Bertz CT molecular complexity index is 503. The number of H-pyrrole nitrogens is 1. The molecule has 2 rings (SSSR count). The van der Waals surface area contributed by atoms with E-state index in [1.807, 2.05) is 11.8 Å². The molecule has 6 heteroatoms. The number of aromatic amines is 1. The van der Waals surface area contributed by atoms with E-state index in [1.165, 1.54) is 5.75 Å². The topological polar surface area (TPSA) is 74.0 Å². The summed E-state index contributed by atoms with van der Waals surface area (Å²) in [5.74, 6) is 1.74.